The van der Waals surface area contributed by atoms with Gasteiger partial charge >= 0.3 is 5.69 Å². The predicted octanol–water partition coefficient (Wildman–Crippen LogP) is 0.983. The van der Waals surface area contributed by atoms with Crippen LogP contribution in [0.5, 0.6) is 11.5 Å². The van der Waals surface area contributed by atoms with Gasteiger partial charge in [-0.05, 0) is 24.1 Å². The lowest BCUT2D eigenvalue weighted by Gasteiger charge is -2.08. The zero-order valence-electron chi connectivity index (χ0n) is 18.2. The lowest BCUT2D eigenvalue weighted by atomic mass is 10.2. The molecule has 33 heavy (non-hydrogen) atoms. The number of hydrogen-bond acceptors (Lipinski definition) is 7. The highest BCUT2D eigenvalue weighted by Crippen LogP contribution is 2.27. The minimum absolute atomic E-state index is 0.0275. The summed E-state index contributed by atoms with van der Waals surface area (Å²) in [5.41, 5.74) is -0.117. The number of nitrogens with zero attached hydrogens (tertiary/aromatic N) is 5. The third-order valence-corrected chi connectivity index (χ3v) is 5.00. The molecule has 3 aromatic heterocycles. The fourth-order valence-electron chi connectivity index (χ4n) is 3.37. The Bertz CT molecular complexity index is 1560. The SMILES string of the molecule is C#CCn1c(=O)c2c(nc(C#Cc3ccc(OC)c(OC)c3)n2C)n(Cc2ccno2)c1=O. The zero-order valence-corrected chi connectivity index (χ0v) is 18.2. The molecular weight excluding hydrogens is 426 g/mol. The van der Waals surface area contributed by atoms with E-state index < -0.39 is 11.2 Å². The van der Waals surface area contributed by atoms with Crippen molar-refractivity contribution < 1.29 is 14.0 Å². The maximum absolute atomic E-state index is 13.0. The van der Waals surface area contributed by atoms with Gasteiger partial charge in [0.15, 0.2) is 34.2 Å². The normalized spacial score (nSPS) is 10.5. The number of terminal acetylenes is 1. The van der Waals surface area contributed by atoms with Crippen LogP contribution in [0.3, 0.4) is 0 Å². The standard InChI is InChI=1S/C23H19N5O5/c1-5-12-27-22(29)20-21(28(23(27)30)14-16-10-11-24-33-16)25-19(26(20)2)9-7-15-6-8-17(31-3)18(13-15)32-4/h1,6,8,10-11,13H,12,14H2,2-4H3. The van der Waals surface area contributed by atoms with Crippen LogP contribution in [0.25, 0.3) is 11.2 Å². The van der Waals surface area contributed by atoms with Crippen molar-refractivity contribution in [1.82, 2.24) is 23.8 Å². The molecule has 0 aliphatic rings. The Hall–Kier alpha value is -4.70. The number of imidazole rings is 1. The molecule has 1 aromatic carbocycles. The molecule has 3 heterocycles. The quantitative estimate of drug-likeness (QED) is 0.422. The van der Waals surface area contributed by atoms with Gasteiger partial charge in [0.1, 0.15) is 0 Å². The third-order valence-electron chi connectivity index (χ3n) is 5.00. The maximum Gasteiger partial charge on any atom is 0.334 e. The first-order valence-electron chi connectivity index (χ1n) is 9.75. The van der Waals surface area contributed by atoms with Gasteiger partial charge in [-0.15, -0.1) is 6.42 Å². The summed E-state index contributed by atoms with van der Waals surface area (Å²) >= 11 is 0. The van der Waals surface area contributed by atoms with Crippen LogP contribution in [-0.2, 0) is 20.1 Å². The van der Waals surface area contributed by atoms with E-state index in [0.717, 1.165) is 4.57 Å². The average Bonchev–Trinajstić information content (AvgIpc) is 3.45. The maximum atomic E-state index is 13.0. The summed E-state index contributed by atoms with van der Waals surface area (Å²) in [4.78, 5) is 30.5. The Kier molecular flexibility index (Phi) is 5.75. The summed E-state index contributed by atoms with van der Waals surface area (Å²) in [6.07, 6.45) is 6.84. The van der Waals surface area contributed by atoms with Crippen molar-refractivity contribution in [3.63, 3.8) is 0 Å². The van der Waals surface area contributed by atoms with Gasteiger partial charge in [0.05, 0.1) is 33.5 Å². The molecule has 0 radical (unpaired) electrons. The predicted molar refractivity (Wildman–Crippen MR) is 119 cm³/mol. The van der Waals surface area contributed by atoms with Gasteiger partial charge < -0.3 is 18.6 Å². The van der Waals surface area contributed by atoms with E-state index in [-0.39, 0.29) is 24.3 Å². The molecular formula is C23H19N5O5. The van der Waals surface area contributed by atoms with Crippen molar-refractivity contribution in [2.24, 2.45) is 7.05 Å². The van der Waals surface area contributed by atoms with Crippen LogP contribution >= 0.6 is 0 Å². The van der Waals surface area contributed by atoms with Gasteiger partial charge in [-0.25, -0.2) is 14.3 Å². The van der Waals surface area contributed by atoms with E-state index in [4.69, 9.17) is 20.4 Å². The Balaban J connectivity index is 1.89. The van der Waals surface area contributed by atoms with Crippen LogP contribution in [0.4, 0.5) is 0 Å². The molecule has 0 atom stereocenters. The second-order valence-electron chi connectivity index (χ2n) is 6.93. The fourth-order valence-corrected chi connectivity index (χ4v) is 3.37. The fraction of sp³-hybridized carbons (Fsp3) is 0.217. The van der Waals surface area contributed by atoms with Crippen LogP contribution in [-0.4, -0.2) is 38.1 Å². The monoisotopic (exact) mass is 445 g/mol. The lowest BCUT2D eigenvalue weighted by Crippen LogP contribution is -2.40. The van der Waals surface area contributed by atoms with Crippen molar-refractivity contribution in [1.29, 1.82) is 0 Å². The number of aryl methyl sites for hydroxylation is 1. The number of fused-ring (bicyclic) bond motifs is 1. The van der Waals surface area contributed by atoms with Gasteiger partial charge in [0.2, 0.25) is 0 Å². The van der Waals surface area contributed by atoms with Crippen molar-refractivity contribution >= 4 is 11.2 Å². The molecule has 0 spiro atoms. The Morgan fingerprint density at radius 2 is 1.88 bits per heavy atom. The minimum atomic E-state index is -0.598. The number of methoxy groups -OCH3 is 2. The van der Waals surface area contributed by atoms with E-state index in [1.54, 1.807) is 38.4 Å². The van der Waals surface area contributed by atoms with Crippen LogP contribution in [0.1, 0.15) is 17.1 Å². The Morgan fingerprint density at radius 3 is 2.55 bits per heavy atom. The molecule has 10 heteroatoms. The van der Waals surface area contributed by atoms with Gasteiger partial charge in [-0.3, -0.25) is 9.36 Å². The van der Waals surface area contributed by atoms with E-state index in [0.29, 0.717) is 28.6 Å². The molecule has 0 saturated heterocycles. The highest BCUT2D eigenvalue weighted by Gasteiger charge is 2.20. The number of ether oxygens (including phenoxy) is 2. The van der Waals surface area contributed by atoms with Crippen LogP contribution in [0, 0.1) is 24.2 Å². The summed E-state index contributed by atoms with van der Waals surface area (Å²) in [5.74, 6) is 10.1. The Morgan fingerprint density at radius 1 is 1.09 bits per heavy atom. The third kappa shape index (κ3) is 3.86. The van der Waals surface area contributed by atoms with Gasteiger partial charge in [0.25, 0.3) is 5.56 Å². The first-order chi connectivity index (χ1) is 16.0. The summed E-state index contributed by atoms with van der Waals surface area (Å²) in [5, 5.41) is 3.66. The molecule has 0 saturated carbocycles. The first kappa shape index (κ1) is 21.5. The molecule has 0 bridgehead atoms. The topological polar surface area (TPSA) is 106 Å². The zero-order chi connectivity index (χ0) is 23.5. The van der Waals surface area contributed by atoms with E-state index >= 15 is 0 Å². The molecule has 0 fully saturated rings. The number of hydrogen-bond donors (Lipinski definition) is 0. The Labute approximate surface area is 188 Å². The molecule has 4 aromatic rings. The minimum Gasteiger partial charge on any atom is -0.493 e. The lowest BCUT2D eigenvalue weighted by molar-refractivity contribution is 0.355. The molecule has 0 unspecified atom stereocenters. The van der Waals surface area contributed by atoms with Crippen LogP contribution in [0.2, 0.25) is 0 Å². The molecule has 0 aliphatic heterocycles. The van der Waals surface area contributed by atoms with E-state index in [2.05, 4.69) is 27.9 Å². The van der Waals surface area contributed by atoms with Crippen molar-refractivity contribution in [2.45, 2.75) is 13.1 Å². The van der Waals surface area contributed by atoms with E-state index in [1.807, 2.05) is 0 Å². The van der Waals surface area contributed by atoms with Gasteiger partial charge in [-0.1, -0.05) is 17.0 Å². The van der Waals surface area contributed by atoms with Crippen LogP contribution < -0.4 is 20.7 Å². The number of rotatable bonds is 5. The first-order valence-corrected chi connectivity index (χ1v) is 9.75. The molecule has 10 nitrogen and oxygen atoms in total. The number of benzene rings is 1. The average molecular weight is 445 g/mol. The van der Waals surface area contributed by atoms with Crippen LogP contribution in [0.15, 0.2) is 44.6 Å². The van der Waals surface area contributed by atoms with E-state index in [1.165, 1.54) is 22.4 Å². The second-order valence-corrected chi connectivity index (χ2v) is 6.93. The molecule has 0 amide bonds. The summed E-state index contributed by atoms with van der Waals surface area (Å²) in [6.45, 7) is -0.151. The van der Waals surface area contributed by atoms with Gasteiger partial charge in [-0.2, -0.15) is 0 Å². The highest BCUT2D eigenvalue weighted by molar-refractivity contribution is 5.72. The summed E-state index contributed by atoms with van der Waals surface area (Å²) in [7, 11) is 4.74. The van der Waals surface area contributed by atoms with Crippen molar-refractivity contribution in [2.75, 3.05) is 14.2 Å². The van der Waals surface area contributed by atoms with E-state index in [9.17, 15) is 9.59 Å². The van der Waals surface area contributed by atoms with Crippen molar-refractivity contribution in [3.05, 3.63) is 68.4 Å². The molecule has 4 rings (SSSR count). The smallest absolute Gasteiger partial charge is 0.334 e. The summed E-state index contributed by atoms with van der Waals surface area (Å²) in [6, 6.07) is 6.87. The van der Waals surface area contributed by atoms with Gasteiger partial charge in [0, 0.05) is 18.7 Å². The second kappa shape index (κ2) is 8.81. The molecule has 0 aliphatic carbocycles. The molecule has 0 N–H and O–H groups in total. The molecule has 166 valence electrons. The van der Waals surface area contributed by atoms with Crippen molar-refractivity contribution in [3.8, 4) is 35.7 Å². The largest absolute Gasteiger partial charge is 0.493 e. The number of aromatic nitrogens is 5. The summed E-state index contributed by atoms with van der Waals surface area (Å²) < 4.78 is 19.5. The highest BCUT2D eigenvalue weighted by atomic mass is 16.5.